The Hall–Kier alpha value is -2.59. The zero-order valence-electron chi connectivity index (χ0n) is 13.5. The first-order chi connectivity index (χ1) is 11.7. The van der Waals surface area contributed by atoms with Gasteiger partial charge < -0.3 is 10.6 Å². The number of halogens is 1. The summed E-state index contributed by atoms with van der Waals surface area (Å²) in [5, 5.41) is 7.33. The van der Waals surface area contributed by atoms with Crippen molar-refractivity contribution in [3.63, 3.8) is 0 Å². The molecule has 1 heterocycles. The fraction of sp³-hybridized carbons (Fsp3) is 0.158. The first-order valence-electron chi connectivity index (χ1n) is 7.85. The van der Waals surface area contributed by atoms with Crippen LogP contribution in [0.15, 0.2) is 60.7 Å². The Balaban J connectivity index is 1.62. The molecule has 0 unspecified atom stereocenters. The second kappa shape index (κ2) is 7.79. The lowest BCUT2D eigenvalue weighted by Gasteiger charge is -2.10. The molecule has 0 radical (unpaired) electrons. The highest BCUT2D eigenvalue weighted by molar-refractivity contribution is 6.30. The van der Waals surface area contributed by atoms with Crippen LogP contribution < -0.4 is 10.6 Å². The summed E-state index contributed by atoms with van der Waals surface area (Å²) in [7, 11) is 0. The highest BCUT2D eigenvalue weighted by atomic mass is 35.5. The molecule has 0 amide bonds. The van der Waals surface area contributed by atoms with E-state index in [9.17, 15) is 0 Å². The maximum absolute atomic E-state index is 5.90. The molecule has 0 atom stereocenters. The molecule has 122 valence electrons. The highest BCUT2D eigenvalue weighted by Gasteiger charge is 2.03. The van der Waals surface area contributed by atoms with Gasteiger partial charge in [0.05, 0.1) is 0 Å². The Bertz CT molecular complexity index is 788. The van der Waals surface area contributed by atoms with E-state index < -0.39 is 0 Å². The van der Waals surface area contributed by atoms with E-state index >= 15 is 0 Å². The average Bonchev–Trinajstić information content (AvgIpc) is 2.57. The van der Waals surface area contributed by atoms with Crippen LogP contribution in [0.2, 0.25) is 5.02 Å². The topological polar surface area (TPSA) is 49.8 Å². The largest absolute Gasteiger partial charge is 0.370 e. The molecule has 3 aromatic rings. The minimum Gasteiger partial charge on any atom is -0.370 e. The van der Waals surface area contributed by atoms with Crippen LogP contribution in [0, 0.1) is 6.92 Å². The quantitative estimate of drug-likeness (QED) is 0.675. The van der Waals surface area contributed by atoms with Crippen LogP contribution in [0.25, 0.3) is 0 Å². The van der Waals surface area contributed by atoms with Crippen molar-refractivity contribution in [2.24, 2.45) is 0 Å². The third-order valence-corrected chi connectivity index (χ3v) is 3.77. The van der Waals surface area contributed by atoms with Gasteiger partial charge in [-0.2, -0.15) is 4.98 Å². The van der Waals surface area contributed by atoms with Crippen molar-refractivity contribution in [3.05, 3.63) is 76.9 Å². The number of anilines is 3. The maximum Gasteiger partial charge on any atom is 0.229 e. The Morgan fingerprint density at radius 2 is 1.71 bits per heavy atom. The molecule has 0 aliphatic rings. The summed E-state index contributed by atoms with van der Waals surface area (Å²) in [6.45, 7) is 2.76. The van der Waals surface area contributed by atoms with Crippen LogP contribution in [0.3, 0.4) is 0 Å². The van der Waals surface area contributed by atoms with E-state index in [0.29, 0.717) is 5.95 Å². The predicted molar refractivity (Wildman–Crippen MR) is 100 cm³/mol. The summed E-state index contributed by atoms with van der Waals surface area (Å²) in [6.07, 6.45) is 0.904. The van der Waals surface area contributed by atoms with E-state index in [1.807, 2.05) is 67.6 Å². The van der Waals surface area contributed by atoms with Crippen LogP contribution in [-0.4, -0.2) is 16.5 Å². The predicted octanol–water partition coefficient (Wildman–Crippen LogP) is 4.84. The molecule has 0 bridgehead atoms. The summed E-state index contributed by atoms with van der Waals surface area (Å²) in [4.78, 5) is 8.95. The number of hydrogen-bond donors (Lipinski definition) is 2. The molecule has 2 aromatic carbocycles. The molecule has 0 saturated carbocycles. The number of rotatable bonds is 6. The highest BCUT2D eigenvalue weighted by Crippen LogP contribution is 2.15. The van der Waals surface area contributed by atoms with E-state index in [2.05, 4.69) is 20.6 Å². The van der Waals surface area contributed by atoms with Gasteiger partial charge in [0.2, 0.25) is 5.95 Å². The summed E-state index contributed by atoms with van der Waals surface area (Å²) < 4.78 is 0. The molecular weight excluding hydrogens is 320 g/mol. The standard InChI is InChI=1S/C19H19ClN4/c1-14-13-18(21-12-11-15-7-9-16(20)10-8-15)24-19(22-14)23-17-5-3-2-4-6-17/h2-10,13H,11-12H2,1H3,(H2,21,22,23,24). The van der Waals surface area contributed by atoms with Gasteiger partial charge in [0.1, 0.15) is 5.82 Å². The number of hydrogen-bond acceptors (Lipinski definition) is 4. The van der Waals surface area contributed by atoms with Crippen molar-refractivity contribution in [2.75, 3.05) is 17.2 Å². The van der Waals surface area contributed by atoms with Crippen molar-refractivity contribution in [1.29, 1.82) is 0 Å². The molecule has 2 N–H and O–H groups in total. The normalized spacial score (nSPS) is 10.4. The average molecular weight is 339 g/mol. The summed E-state index contributed by atoms with van der Waals surface area (Å²) in [5.41, 5.74) is 3.12. The molecule has 0 aliphatic heterocycles. The van der Waals surface area contributed by atoms with Gasteiger partial charge in [-0.15, -0.1) is 0 Å². The Labute approximate surface area is 146 Å². The monoisotopic (exact) mass is 338 g/mol. The second-order valence-electron chi connectivity index (χ2n) is 5.51. The number of nitrogens with zero attached hydrogens (tertiary/aromatic N) is 2. The molecule has 5 heteroatoms. The van der Waals surface area contributed by atoms with E-state index in [4.69, 9.17) is 11.6 Å². The van der Waals surface area contributed by atoms with Crippen molar-refractivity contribution >= 4 is 29.1 Å². The fourth-order valence-corrected chi connectivity index (χ4v) is 2.48. The summed E-state index contributed by atoms with van der Waals surface area (Å²) in [5.74, 6) is 1.41. The Kier molecular flexibility index (Phi) is 5.29. The molecular formula is C19H19ClN4. The zero-order valence-corrected chi connectivity index (χ0v) is 14.2. The summed E-state index contributed by atoms with van der Waals surface area (Å²) >= 11 is 5.90. The van der Waals surface area contributed by atoms with Crippen LogP contribution >= 0.6 is 11.6 Å². The number of aryl methyl sites for hydroxylation is 1. The van der Waals surface area contributed by atoms with Gasteiger partial charge in [0.15, 0.2) is 0 Å². The van der Waals surface area contributed by atoms with Crippen molar-refractivity contribution in [1.82, 2.24) is 9.97 Å². The van der Waals surface area contributed by atoms with Crippen LogP contribution in [0.5, 0.6) is 0 Å². The first-order valence-corrected chi connectivity index (χ1v) is 8.23. The third kappa shape index (κ3) is 4.70. The smallest absolute Gasteiger partial charge is 0.229 e. The zero-order chi connectivity index (χ0) is 16.8. The number of benzene rings is 2. The summed E-state index contributed by atoms with van der Waals surface area (Å²) in [6, 6.07) is 19.7. The van der Waals surface area contributed by atoms with E-state index in [1.165, 1.54) is 5.56 Å². The van der Waals surface area contributed by atoms with Crippen molar-refractivity contribution in [2.45, 2.75) is 13.3 Å². The van der Waals surface area contributed by atoms with Gasteiger partial charge in [-0.1, -0.05) is 41.9 Å². The number of aromatic nitrogens is 2. The maximum atomic E-state index is 5.90. The Morgan fingerprint density at radius 1 is 0.958 bits per heavy atom. The van der Waals surface area contributed by atoms with Gasteiger partial charge in [0, 0.05) is 29.0 Å². The number of para-hydroxylation sites is 1. The van der Waals surface area contributed by atoms with E-state index in [0.717, 1.165) is 35.2 Å². The van der Waals surface area contributed by atoms with Crippen LogP contribution in [-0.2, 0) is 6.42 Å². The lowest BCUT2D eigenvalue weighted by atomic mass is 10.1. The molecule has 4 nitrogen and oxygen atoms in total. The number of nitrogens with one attached hydrogen (secondary N) is 2. The van der Waals surface area contributed by atoms with Crippen LogP contribution in [0.4, 0.5) is 17.5 Å². The SMILES string of the molecule is Cc1cc(NCCc2ccc(Cl)cc2)nc(Nc2ccccc2)n1. The van der Waals surface area contributed by atoms with Gasteiger partial charge in [-0.25, -0.2) is 4.98 Å². The first kappa shape index (κ1) is 16.3. The minimum absolute atomic E-state index is 0.593. The molecule has 0 spiro atoms. The third-order valence-electron chi connectivity index (χ3n) is 3.52. The van der Waals surface area contributed by atoms with Crippen molar-refractivity contribution < 1.29 is 0 Å². The van der Waals surface area contributed by atoms with E-state index in [1.54, 1.807) is 0 Å². The van der Waals surface area contributed by atoms with Gasteiger partial charge >= 0.3 is 0 Å². The fourth-order valence-electron chi connectivity index (χ4n) is 2.35. The minimum atomic E-state index is 0.593. The molecule has 0 saturated heterocycles. The molecule has 0 aliphatic carbocycles. The van der Waals surface area contributed by atoms with Gasteiger partial charge in [0.25, 0.3) is 0 Å². The molecule has 24 heavy (non-hydrogen) atoms. The molecule has 3 rings (SSSR count). The molecule has 0 fully saturated rings. The second-order valence-corrected chi connectivity index (χ2v) is 5.95. The Morgan fingerprint density at radius 3 is 2.46 bits per heavy atom. The van der Waals surface area contributed by atoms with Crippen LogP contribution in [0.1, 0.15) is 11.3 Å². The van der Waals surface area contributed by atoms with Gasteiger partial charge in [-0.3, -0.25) is 0 Å². The van der Waals surface area contributed by atoms with Crippen molar-refractivity contribution in [3.8, 4) is 0 Å². The lowest BCUT2D eigenvalue weighted by molar-refractivity contribution is 0.995. The van der Waals surface area contributed by atoms with E-state index in [-0.39, 0.29) is 0 Å². The van der Waals surface area contributed by atoms with Gasteiger partial charge in [-0.05, 0) is 43.2 Å². The molecule has 1 aromatic heterocycles. The lowest BCUT2D eigenvalue weighted by Crippen LogP contribution is -2.08.